The first kappa shape index (κ1) is 19.7. The number of phenolic OH excluding ortho intramolecular Hbond substituents is 1. The zero-order valence-electron chi connectivity index (χ0n) is 15.9. The van der Waals surface area contributed by atoms with Crippen LogP contribution in [0.4, 0.5) is 11.6 Å². The second-order valence-corrected chi connectivity index (χ2v) is 6.48. The Bertz CT molecular complexity index is 1230. The number of nitro benzene ring substituents is 1. The molecule has 3 aromatic rings. The fraction of sp³-hybridized carbons (Fsp3) is 0.105. The summed E-state index contributed by atoms with van der Waals surface area (Å²) in [5.74, 6) is -1.41. The minimum Gasteiger partial charge on any atom is -0.508 e. The van der Waals surface area contributed by atoms with Gasteiger partial charge in [-0.05, 0) is 28.1 Å². The maximum atomic E-state index is 13.5. The van der Waals surface area contributed by atoms with Gasteiger partial charge < -0.3 is 15.2 Å². The lowest BCUT2D eigenvalue weighted by molar-refractivity contribution is -0.384. The number of carbonyl (C=O) groups is 2. The molecule has 2 heterocycles. The molecule has 1 aliphatic heterocycles. The number of carbonyl (C=O) groups excluding carboxylic acids is 2. The third-order valence-corrected chi connectivity index (χ3v) is 4.68. The van der Waals surface area contributed by atoms with Crippen molar-refractivity contribution in [2.24, 2.45) is 0 Å². The van der Waals surface area contributed by atoms with Crippen molar-refractivity contribution < 1.29 is 24.4 Å². The molecule has 4 rings (SSSR count). The lowest BCUT2D eigenvalue weighted by atomic mass is 9.89. The summed E-state index contributed by atoms with van der Waals surface area (Å²) in [7, 11) is 1.15. The van der Waals surface area contributed by atoms with Crippen LogP contribution >= 0.6 is 0 Å². The van der Waals surface area contributed by atoms with Crippen molar-refractivity contribution >= 4 is 23.4 Å². The molecule has 12 heteroatoms. The molecular formula is C19H14N6O6. The molecule has 0 unspecified atom stereocenters. The number of aromatic hydroxyl groups is 1. The number of ether oxygens (including phenoxy) is 1. The molecule has 1 aromatic heterocycles. The van der Waals surface area contributed by atoms with E-state index in [1.165, 1.54) is 35.0 Å². The highest BCUT2D eigenvalue weighted by Gasteiger charge is 2.38. The first-order valence-corrected chi connectivity index (χ1v) is 8.86. The summed E-state index contributed by atoms with van der Waals surface area (Å²) in [5.41, 5.74) is -0.0629. The standard InChI is InChI=1S/C19H14N6O6/c1-31-18(28)15-14(17(27)11-3-2-4-12(9-11)25(29)30)16(10-5-7-13(26)8-6-10)24-19(20-15)21-22-23-24/h2-9,16,26H,1H3,(H,20,21,23)/t16-/m0/s1. The molecular weight excluding hydrogens is 408 g/mol. The molecule has 0 saturated heterocycles. The van der Waals surface area contributed by atoms with Gasteiger partial charge in [0.2, 0.25) is 5.95 Å². The molecule has 1 aliphatic rings. The van der Waals surface area contributed by atoms with Crippen molar-refractivity contribution in [3.8, 4) is 5.75 Å². The molecule has 0 fully saturated rings. The molecule has 0 bridgehead atoms. The summed E-state index contributed by atoms with van der Waals surface area (Å²) in [5, 5.41) is 34.8. The number of methoxy groups -OCH3 is 1. The molecule has 12 nitrogen and oxygen atoms in total. The van der Waals surface area contributed by atoms with Gasteiger partial charge in [0.05, 0.1) is 17.6 Å². The molecule has 0 amide bonds. The van der Waals surface area contributed by atoms with Crippen molar-refractivity contribution in [3.05, 3.63) is 81.0 Å². The van der Waals surface area contributed by atoms with E-state index in [2.05, 4.69) is 20.8 Å². The Labute approximate surface area is 173 Å². The molecule has 2 N–H and O–H groups in total. The van der Waals surface area contributed by atoms with E-state index in [9.17, 15) is 24.8 Å². The predicted molar refractivity (Wildman–Crippen MR) is 104 cm³/mol. The molecule has 0 spiro atoms. The van der Waals surface area contributed by atoms with Crippen molar-refractivity contribution in [2.45, 2.75) is 6.04 Å². The number of non-ortho nitro benzene ring substituents is 1. The fourth-order valence-electron chi connectivity index (χ4n) is 3.27. The highest BCUT2D eigenvalue weighted by molar-refractivity contribution is 6.15. The molecule has 0 saturated carbocycles. The van der Waals surface area contributed by atoms with Gasteiger partial charge in [0.1, 0.15) is 17.5 Å². The number of nitro groups is 1. The average Bonchev–Trinajstić information content (AvgIpc) is 3.26. The largest absolute Gasteiger partial charge is 0.508 e. The number of allylic oxidation sites excluding steroid dienone is 1. The van der Waals surface area contributed by atoms with E-state index < -0.39 is 22.7 Å². The number of nitrogens with one attached hydrogen (secondary N) is 1. The van der Waals surface area contributed by atoms with Gasteiger partial charge >= 0.3 is 5.97 Å². The monoisotopic (exact) mass is 422 g/mol. The van der Waals surface area contributed by atoms with Crippen LogP contribution in [0.2, 0.25) is 0 Å². The number of phenols is 1. The van der Waals surface area contributed by atoms with Crippen molar-refractivity contribution in [1.82, 2.24) is 20.2 Å². The van der Waals surface area contributed by atoms with Gasteiger partial charge in [0, 0.05) is 17.7 Å². The van der Waals surface area contributed by atoms with Crippen LogP contribution in [-0.4, -0.2) is 49.1 Å². The summed E-state index contributed by atoms with van der Waals surface area (Å²) in [6.45, 7) is 0. The van der Waals surface area contributed by atoms with Crippen LogP contribution in [-0.2, 0) is 9.53 Å². The Hall–Kier alpha value is -4.61. The number of anilines is 1. The van der Waals surface area contributed by atoms with E-state index >= 15 is 0 Å². The van der Waals surface area contributed by atoms with E-state index in [0.717, 1.165) is 13.2 Å². The Morgan fingerprint density at radius 1 is 1.23 bits per heavy atom. The maximum absolute atomic E-state index is 13.5. The number of hydrogen-bond donors (Lipinski definition) is 2. The summed E-state index contributed by atoms with van der Waals surface area (Å²) in [4.78, 5) is 36.6. The smallest absolute Gasteiger partial charge is 0.355 e. The zero-order valence-corrected chi connectivity index (χ0v) is 15.9. The Balaban J connectivity index is 1.94. The lowest BCUT2D eigenvalue weighted by Crippen LogP contribution is -2.32. The Kier molecular flexibility index (Phi) is 4.87. The molecule has 31 heavy (non-hydrogen) atoms. The number of tetrazole rings is 1. The number of aromatic nitrogens is 4. The van der Waals surface area contributed by atoms with Gasteiger partial charge in [-0.15, -0.1) is 0 Å². The minimum atomic E-state index is -0.965. The number of nitrogens with zero attached hydrogens (tertiary/aromatic N) is 5. The maximum Gasteiger partial charge on any atom is 0.355 e. The average molecular weight is 422 g/mol. The van der Waals surface area contributed by atoms with Gasteiger partial charge in [0.25, 0.3) is 5.69 Å². The Morgan fingerprint density at radius 2 is 1.97 bits per heavy atom. The third kappa shape index (κ3) is 3.46. The summed E-state index contributed by atoms with van der Waals surface area (Å²) < 4.78 is 6.12. The summed E-state index contributed by atoms with van der Waals surface area (Å²) in [6.07, 6.45) is 0. The first-order valence-electron chi connectivity index (χ1n) is 8.86. The van der Waals surface area contributed by atoms with E-state index in [1.54, 1.807) is 12.1 Å². The normalized spacial score (nSPS) is 15.1. The third-order valence-electron chi connectivity index (χ3n) is 4.68. The van der Waals surface area contributed by atoms with Crippen LogP contribution in [0.1, 0.15) is 22.0 Å². The van der Waals surface area contributed by atoms with Crippen LogP contribution in [0.5, 0.6) is 5.75 Å². The summed E-state index contributed by atoms with van der Waals surface area (Å²) >= 11 is 0. The molecule has 1 atom stereocenters. The zero-order chi connectivity index (χ0) is 22.1. The lowest BCUT2D eigenvalue weighted by Gasteiger charge is -2.28. The number of ketones is 1. The Morgan fingerprint density at radius 3 is 2.65 bits per heavy atom. The first-order chi connectivity index (χ1) is 14.9. The summed E-state index contributed by atoms with van der Waals surface area (Å²) in [6, 6.07) is 10.1. The van der Waals surface area contributed by atoms with Crippen LogP contribution in [0.15, 0.2) is 59.8 Å². The van der Waals surface area contributed by atoms with Crippen LogP contribution in [0, 0.1) is 10.1 Å². The second kappa shape index (κ2) is 7.67. The van der Waals surface area contributed by atoms with Crippen LogP contribution < -0.4 is 5.32 Å². The number of fused-ring (bicyclic) bond motifs is 1. The predicted octanol–water partition coefficient (Wildman–Crippen LogP) is 1.61. The minimum absolute atomic E-state index is 0.00152. The van der Waals surface area contributed by atoms with Gasteiger partial charge in [-0.3, -0.25) is 14.9 Å². The molecule has 0 radical (unpaired) electrons. The van der Waals surface area contributed by atoms with E-state index in [4.69, 9.17) is 4.74 Å². The van der Waals surface area contributed by atoms with E-state index in [1.807, 2.05) is 0 Å². The van der Waals surface area contributed by atoms with Crippen LogP contribution in [0.25, 0.3) is 0 Å². The van der Waals surface area contributed by atoms with Gasteiger partial charge in [-0.2, -0.15) is 4.68 Å². The van der Waals surface area contributed by atoms with Gasteiger partial charge in [-0.25, -0.2) is 4.79 Å². The molecule has 2 aromatic carbocycles. The molecule has 0 aliphatic carbocycles. The highest BCUT2D eigenvalue weighted by atomic mass is 16.6. The van der Waals surface area contributed by atoms with Gasteiger partial charge in [-0.1, -0.05) is 29.4 Å². The van der Waals surface area contributed by atoms with Crippen LogP contribution in [0.3, 0.4) is 0 Å². The second-order valence-electron chi connectivity index (χ2n) is 6.48. The number of hydrogen-bond acceptors (Lipinski definition) is 10. The van der Waals surface area contributed by atoms with E-state index in [-0.39, 0.29) is 34.2 Å². The number of rotatable bonds is 5. The topological polar surface area (TPSA) is 162 Å². The number of benzene rings is 2. The highest BCUT2D eigenvalue weighted by Crippen LogP contribution is 2.37. The van der Waals surface area contributed by atoms with Crippen molar-refractivity contribution in [1.29, 1.82) is 0 Å². The fourth-order valence-corrected chi connectivity index (χ4v) is 3.27. The van der Waals surface area contributed by atoms with E-state index in [0.29, 0.717) is 5.56 Å². The van der Waals surface area contributed by atoms with Gasteiger partial charge in [0.15, 0.2) is 5.78 Å². The van der Waals surface area contributed by atoms with Crippen molar-refractivity contribution in [3.63, 3.8) is 0 Å². The number of Topliss-reactive ketones (excluding diaryl/α,β-unsaturated/α-hetero) is 1. The molecule has 156 valence electrons. The quantitative estimate of drug-likeness (QED) is 0.267. The number of esters is 1. The van der Waals surface area contributed by atoms with Crippen molar-refractivity contribution in [2.75, 3.05) is 12.4 Å². The SMILES string of the molecule is COC(=O)C1=C(C(=O)c2cccc([N+](=O)[O-])c2)[C@H](c2ccc(O)cc2)n2nnnc2N1.